The third-order valence-electron chi connectivity index (χ3n) is 7.99. The zero-order valence-electron chi connectivity index (χ0n) is 20.2. The monoisotopic (exact) mass is 532 g/mol. The van der Waals surface area contributed by atoms with Crippen molar-refractivity contribution in [3.8, 4) is 0 Å². The summed E-state index contributed by atoms with van der Waals surface area (Å²) in [6.45, 7) is -0.167. The number of esters is 2. The van der Waals surface area contributed by atoms with Crippen LogP contribution in [0.4, 0.5) is 0 Å². The van der Waals surface area contributed by atoms with E-state index in [-0.39, 0.29) is 25.6 Å². The van der Waals surface area contributed by atoms with Crippen molar-refractivity contribution in [1.29, 1.82) is 0 Å². The lowest BCUT2D eigenvalue weighted by molar-refractivity contribution is -0.230. The average Bonchev–Trinajstić information content (AvgIpc) is 3.60. The van der Waals surface area contributed by atoms with E-state index in [0.717, 1.165) is 51.4 Å². The molecule has 0 aromatic carbocycles. The van der Waals surface area contributed by atoms with Crippen LogP contribution in [0.1, 0.15) is 71.6 Å². The number of cyclic esters (lactones) is 2. The highest BCUT2D eigenvalue weighted by Crippen LogP contribution is 2.47. The third kappa shape index (κ3) is 5.53. The molecular formula is C25H40O12. The highest BCUT2D eigenvalue weighted by Gasteiger charge is 2.62. The molecule has 2 saturated carbocycles. The van der Waals surface area contributed by atoms with Crippen molar-refractivity contribution in [3.63, 3.8) is 0 Å². The van der Waals surface area contributed by atoms with Gasteiger partial charge < -0.3 is 48.8 Å². The van der Waals surface area contributed by atoms with Gasteiger partial charge in [0, 0.05) is 25.7 Å². The summed E-state index contributed by atoms with van der Waals surface area (Å²) in [4.78, 5) is 22.9. The normalized spacial score (nSPS) is 40.4. The van der Waals surface area contributed by atoms with Gasteiger partial charge in [-0.15, -0.1) is 0 Å². The van der Waals surface area contributed by atoms with E-state index in [1.54, 1.807) is 0 Å². The van der Waals surface area contributed by atoms with Gasteiger partial charge in [-0.3, -0.25) is 0 Å². The first-order valence-electron chi connectivity index (χ1n) is 13.0. The van der Waals surface area contributed by atoms with Gasteiger partial charge in [0.15, 0.2) is 36.0 Å². The Morgan fingerprint density at radius 3 is 2.00 bits per heavy atom. The van der Waals surface area contributed by atoms with Crippen LogP contribution < -0.4 is 0 Å². The first-order valence-corrected chi connectivity index (χ1v) is 13.0. The largest absolute Gasteiger partial charge is 0.455 e. The van der Waals surface area contributed by atoms with Crippen LogP contribution in [0.3, 0.4) is 0 Å². The first-order chi connectivity index (χ1) is 17.3. The molecule has 6 rings (SSSR count). The fourth-order valence-electron chi connectivity index (χ4n) is 6.03. The topological polar surface area (TPSA) is 170 Å². The summed E-state index contributed by atoms with van der Waals surface area (Å²) in [6.07, 6.45) is 3.17. The molecule has 212 valence electrons. The molecule has 4 aliphatic heterocycles. The second-order valence-electron chi connectivity index (χ2n) is 10.5. The minimum Gasteiger partial charge on any atom is -0.455 e. The van der Waals surface area contributed by atoms with Gasteiger partial charge in [-0.05, 0) is 25.7 Å². The molecule has 0 aromatic heterocycles. The maximum Gasteiger partial charge on any atom is 0.338 e. The van der Waals surface area contributed by atoms with Crippen LogP contribution in [-0.4, -0.2) is 106 Å². The molecule has 0 amide bonds. The molecule has 2 aliphatic carbocycles. The van der Waals surface area contributed by atoms with E-state index in [1.165, 1.54) is 12.8 Å². The van der Waals surface area contributed by atoms with E-state index in [1.807, 2.05) is 0 Å². The average molecular weight is 533 g/mol. The molecular weight excluding hydrogens is 492 g/mol. The lowest BCUT2D eigenvalue weighted by atomic mass is 9.94. The summed E-state index contributed by atoms with van der Waals surface area (Å²) in [5.74, 6) is -2.33. The predicted octanol–water partition coefficient (Wildman–Crippen LogP) is 0.0549. The highest BCUT2D eigenvalue weighted by atomic mass is 16.8. The number of fused-ring (bicyclic) bond motifs is 1. The SMILES string of the molecule is C.O=C1O[C@@H](C2COC3(CCCCC3)O2)C2OC3(CCCCC3)O[C@@H]12.O=C1O[C@@H]([C@H](O)CO)[C@@H](O)[C@H]1O. The molecule has 6 fully saturated rings. The van der Waals surface area contributed by atoms with Gasteiger partial charge in [-0.25, -0.2) is 9.59 Å². The Hall–Kier alpha value is -1.38. The standard InChI is InChI=1S/C18H26O6.C6H10O6.CH4/c19-16-15-14(23-18(24-15)9-5-2-6-10-18)13(21-16)12-11-20-17(22-12)7-3-1-4-8-17;7-1-2(8)5-3(9)4(10)6(11)12-5;/h12-15H,1-11H2;2-5,7-10H,1H2;1H4/t12?,13-,14?,15+;2-,3+,4-,5+;/m01./s1. The van der Waals surface area contributed by atoms with E-state index in [9.17, 15) is 9.59 Å². The van der Waals surface area contributed by atoms with E-state index in [4.69, 9.17) is 44.1 Å². The van der Waals surface area contributed by atoms with Gasteiger partial charge >= 0.3 is 11.9 Å². The number of aliphatic hydroxyl groups is 4. The summed E-state index contributed by atoms with van der Waals surface area (Å²) in [5, 5.41) is 35.3. The molecule has 6 aliphatic rings. The van der Waals surface area contributed by atoms with Crippen LogP contribution in [0.5, 0.6) is 0 Å². The van der Waals surface area contributed by atoms with Crippen molar-refractivity contribution in [2.24, 2.45) is 0 Å². The fourth-order valence-corrected chi connectivity index (χ4v) is 6.03. The molecule has 2 spiro atoms. The Balaban J connectivity index is 0.000000211. The lowest BCUT2D eigenvalue weighted by Gasteiger charge is -2.34. The maximum atomic E-state index is 12.3. The molecule has 0 aromatic rings. The van der Waals surface area contributed by atoms with E-state index < -0.39 is 60.8 Å². The number of hydrogen-bond acceptors (Lipinski definition) is 12. The molecule has 8 atom stereocenters. The van der Waals surface area contributed by atoms with Crippen LogP contribution >= 0.6 is 0 Å². The highest BCUT2D eigenvalue weighted by molar-refractivity contribution is 5.79. The number of hydrogen-bond donors (Lipinski definition) is 4. The Bertz CT molecular complexity index is 807. The fraction of sp³-hybridized carbons (Fsp3) is 0.920. The summed E-state index contributed by atoms with van der Waals surface area (Å²) < 4.78 is 34.6. The quantitative estimate of drug-likeness (QED) is 0.361. The summed E-state index contributed by atoms with van der Waals surface area (Å²) in [7, 11) is 0. The summed E-state index contributed by atoms with van der Waals surface area (Å²) in [5.41, 5.74) is 0. The van der Waals surface area contributed by atoms with Gasteiger partial charge in [0.25, 0.3) is 0 Å². The van der Waals surface area contributed by atoms with Crippen LogP contribution in [-0.2, 0) is 38.0 Å². The van der Waals surface area contributed by atoms with Crippen molar-refractivity contribution >= 4 is 11.9 Å². The van der Waals surface area contributed by atoms with Crippen molar-refractivity contribution in [1.82, 2.24) is 0 Å². The second-order valence-corrected chi connectivity index (χ2v) is 10.5. The molecule has 4 saturated heterocycles. The number of carbonyl (C=O) groups is 2. The molecule has 12 heteroatoms. The smallest absolute Gasteiger partial charge is 0.338 e. The molecule has 0 radical (unpaired) electrons. The van der Waals surface area contributed by atoms with Crippen molar-refractivity contribution in [2.45, 2.75) is 132 Å². The zero-order chi connectivity index (χ0) is 25.5. The van der Waals surface area contributed by atoms with Crippen molar-refractivity contribution < 1.29 is 58.4 Å². The Kier molecular flexibility index (Phi) is 8.81. The number of aliphatic hydroxyl groups excluding tert-OH is 4. The lowest BCUT2D eigenvalue weighted by Crippen LogP contribution is -2.43. The zero-order valence-corrected chi connectivity index (χ0v) is 20.2. The van der Waals surface area contributed by atoms with E-state index in [2.05, 4.69) is 4.74 Å². The van der Waals surface area contributed by atoms with Crippen LogP contribution in [0, 0.1) is 0 Å². The van der Waals surface area contributed by atoms with Crippen molar-refractivity contribution in [2.75, 3.05) is 13.2 Å². The summed E-state index contributed by atoms with van der Waals surface area (Å²) >= 11 is 0. The van der Waals surface area contributed by atoms with Crippen LogP contribution in [0.15, 0.2) is 0 Å². The molecule has 4 N–H and O–H groups in total. The number of carbonyl (C=O) groups excluding carboxylic acids is 2. The molecule has 37 heavy (non-hydrogen) atoms. The van der Waals surface area contributed by atoms with E-state index >= 15 is 0 Å². The predicted molar refractivity (Wildman–Crippen MR) is 124 cm³/mol. The molecule has 12 nitrogen and oxygen atoms in total. The molecule has 4 heterocycles. The van der Waals surface area contributed by atoms with Crippen LogP contribution in [0.2, 0.25) is 0 Å². The Labute approximate surface area is 216 Å². The van der Waals surface area contributed by atoms with Gasteiger partial charge in [0.1, 0.15) is 24.4 Å². The third-order valence-corrected chi connectivity index (χ3v) is 7.99. The summed E-state index contributed by atoms with van der Waals surface area (Å²) in [6, 6.07) is 0. The number of rotatable bonds is 3. The minimum atomic E-state index is -1.63. The van der Waals surface area contributed by atoms with Gasteiger partial charge in [-0.2, -0.15) is 0 Å². The maximum absolute atomic E-state index is 12.3. The van der Waals surface area contributed by atoms with Crippen molar-refractivity contribution in [3.05, 3.63) is 0 Å². The first kappa shape index (κ1) is 28.6. The molecule has 2 unspecified atom stereocenters. The van der Waals surface area contributed by atoms with Gasteiger partial charge in [-0.1, -0.05) is 20.3 Å². The van der Waals surface area contributed by atoms with Gasteiger partial charge in [0.05, 0.1) is 13.2 Å². The Morgan fingerprint density at radius 2 is 1.43 bits per heavy atom. The van der Waals surface area contributed by atoms with E-state index in [0.29, 0.717) is 6.61 Å². The van der Waals surface area contributed by atoms with Gasteiger partial charge in [0.2, 0.25) is 0 Å². The van der Waals surface area contributed by atoms with Crippen LogP contribution in [0.25, 0.3) is 0 Å². The minimum absolute atomic E-state index is 0. The second kappa shape index (κ2) is 11.4. The number of ether oxygens (including phenoxy) is 6. The molecule has 0 bridgehead atoms. The Morgan fingerprint density at radius 1 is 0.811 bits per heavy atom.